The molecule has 2 aromatic rings. The number of ether oxygens (including phenoxy) is 1. The Balaban J connectivity index is 2.49. The molecule has 0 saturated carbocycles. The molecule has 15 heavy (non-hydrogen) atoms. The molecule has 5 heteroatoms. The first kappa shape index (κ1) is 10.2. The molecule has 1 atom stereocenters. The van der Waals surface area contributed by atoms with Crippen molar-refractivity contribution in [1.82, 2.24) is 9.55 Å². The highest BCUT2D eigenvalue weighted by Crippen LogP contribution is 2.21. The van der Waals surface area contributed by atoms with Crippen molar-refractivity contribution in [3.8, 4) is 0 Å². The van der Waals surface area contributed by atoms with Crippen LogP contribution in [0.1, 0.15) is 13.2 Å². The normalized spacial score (nSPS) is 12.7. The first-order chi connectivity index (χ1) is 7.22. The third-order valence-electron chi connectivity index (χ3n) is 2.22. The van der Waals surface area contributed by atoms with Gasteiger partial charge < -0.3 is 9.30 Å². The first-order valence-corrected chi connectivity index (χ1v) is 5.23. The van der Waals surface area contributed by atoms with E-state index in [1.54, 1.807) is 13.1 Å². The molecule has 2 aromatic heterocycles. The van der Waals surface area contributed by atoms with Crippen LogP contribution in [-0.4, -0.2) is 16.0 Å². The number of carbonyl (C=O) groups is 1. The van der Waals surface area contributed by atoms with E-state index >= 15 is 0 Å². The van der Waals surface area contributed by atoms with E-state index in [1.165, 1.54) is 0 Å². The van der Waals surface area contributed by atoms with Crippen LogP contribution >= 0.6 is 15.9 Å². The minimum Gasteiger partial charge on any atom is -0.444 e. The van der Waals surface area contributed by atoms with Gasteiger partial charge in [-0.25, -0.2) is 4.98 Å². The number of hydrogen-bond donors (Lipinski definition) is 0. The van der Waals surface area contributed by atoms with E-state index in [4.69, 9.17) is 4.74 Å². The molecule has 0 radical (unpaired) electrons. The Morgan fingerprint density at radius 1 is 1.67 bits per heavy atom. The Labute approximate surface area is 95.0 Å². The van der Waals surface area contributed by atoms with Gasteiger partial charge in [-0.05, 0) is 35.0 Å². The van der Waals surface area contributed by atoms with Crippen LogP contribution in [-0.2, 0) is 9.53 Å². The zero-order valence-electron chi connectivity index (χ0n) is 8.05. The maximum atomic E-state index is 10.2. The molecule has 0 fully saturated rings. The number of carbonyl (C=O) groups excluding carboxylic acids is 1. The van der Waals surface area contributed by atoms with Crippen molar-refractivity contribution in [2.24, 2.45) is 0 Å². The SMILES string of the molecule is CC(OC=O)n1ccc2cc(Br)ncc21. The van der Waals surface area contributed by atoms with E-state index in [0.717, 1.165) is 15.5 Å². The molecule has 0 N–H and O–H groups in total. The molecule has 0 bridgehead atoms. The predicted octanol–water partition coefficient (Wildman–Crippen LogP) is 2.49. The smallest absolute Gasteiger partial charge is 0.295 e. The number of pyridine rings is 1. The van der Waals surface area contributed by atoms with Gasteiger partial charge >= 0.3 is 0 Å². The molecule has 4 nitrogen and oxygen atoms in total. The van der Waals surface area contributed by atoms with Crippen LogP contribution in [0.5, 0.6) is 0 Å². The summed E-state index contributed by atoms with van der Waals surface area (Å²) in [5, 5.41) is 1.05. The standard InChI is InChI=1S/C10H9BrN2O2/c1-7(15-6-14)13-3-2-8-4-10(11)12-5-9(8)13/h2-7H,1H3. The van der Waals surface area contributed by atoms with Gasteiger partial charge in [0.1, 0.15) is 4.60 Å². The van der Waals surface area contributed by atoms with E-state index in [1.807, 2.05) is 22.9 Å². The van der Waals surface area contributed by atoms with Gasteiger partial charge in [-0.3, -0.25) is 4.79 Å². The molecule has 1 unspecified atom stereocenters. The summed E-state index contributed by atoms with van der Waals surface area (Å²) in [7, 11) is 0. The number of halogens is 1. The van der Waals surface area contributed by atoms with Crippen molar-refractivity contribution in [2.45, 2.75) is 13.2 Å². The minimum atomic E-state index is -0.317. The molecular formula is C10H9BrN2O2. The second kappa shape index (κ2) is 4.02. The third kappa shape index (κ3) is 1.87. The molecule has 0 aliphatic rings. The molecule has 0 saturated heterocycles. The Kier molecular flexibility index (Phi) is 2.73. The van der Waals surface area contributed by atoms with Crippen LogP contribution in [0.2, 0.25) is 0 Å². The minimum absolute atomic E-state index is 0.317. The van der Waals surface area contributed by atoms with Crippen LogP contribution in [0.25, 0.3) is 10.9 Å². The van der Waals surface area contributed by atoms with Gasteiger partial charge in [-0.1, -0.05) is 0 Å². The number of hydrogen-bond acceptors (Lipinski definition) is 3. The monoisotopic (exact) mass is 268 g/mol. The molecule has 0 aliphatic heterocycles. The van der Waals surface area contributed by atoms with Crippen molar-refractivity contribution >= 4 is 33.3 Å². The lowest BCUT2D eigenvalue weighted by atomic mass is 10.3. The van der Waals surface area contributed by atoms with Crippen LogP contribution in [0, 0.1) is 0 Å². The quantitative estimate of drug-likeness (QED) is 0.635. The lowest BCUT2D eigenvalue weighted by Crippen LogP contribution is -2.06. The third-order valence-corrected chi connectivity index (χ3v) is 2.65. The summed E-state index contributed by atoms with van der Waals surface area (Å²) in [4.78, 5) is 14.4. The van der Waals surface area contributed by atoms with Gasteiger partial charge in [-0.2, -0.15) is 0 Å². The van der Waals surface area contributed by atoms with Gasteiger partial charge in [0.05, 0.1) is 11.7 Å². The summed E-state index contributed by atoms with van der Waals surface area (Å²) >= 11 is 3.30. The molecule has 0 aliphatic carbocycles. The van der Waals surface area contributed by atoms with E-state index in [2.05, 4.69) is 20.9 Å². The molecular weight excluding hydrogens is 260 g/mol. The number of rotatable bonds is 3. The fraction of sp³-hybridized carbons (Fsp3) is 0.200. The van der Waals surface area contributed by atoms with E-state index in [0.29, 0.717) is 6.47 Å². The lowest BCUT2D eigenvalue weighted by Gasteiger charge is -2.12. The molecule has 2 rings (SSSR count). The van der Waals surface area contributed by atoms with E-state index in [-0.39, 0.29) is 6.23 Å². The van der Waals surface area contributed by atoms with Gasteiger partial charge in [0.15, 0.2) is 6.23 Å². The molecule has 2 heterocycles. The summed E-state index contributed by atoms with van der Waals surface area (Å²) in [6, 6.07) is 3.87. The van der Waals surface area contributed by atoms with E-state index in [9.17, 15) is 4.79 Å². The molecule has 0 aromatic carbocycles. The number of fused-ring (bicyclic) bond motifs is 1. The average Bonchev–Trinajstić information content (AvgIpc) is 2.60. The van der Waals surface area contributed by atoms with Crippen molar-refractivity contribution in [2.75, 3.05) is 0 Å². The fourth-order valence-electron chi connectivity index (χ4n) is 1.49. The lowest BCUT2D eigenvalue weighted by molar-refractivity contribution is -0.136. The zero-order chi connectivity index (χ0) is 10.8. The fourth-order valence-corrected chi connectivity index (χ4v) is 1.84. The summed E-state index contributed by atoms with van der Waals surface area (Å²) in [6.07, 6.45) is 3.29. The Morgan fingerprint density at radius 3 is 3.20 bits per heavy atom. The second-order valence-electron chi connectivity index (χ2n) is 3.12. The molecule has 78 valence electrons. The zero-order valence-corrected chi connectivity index (χ0v) is 9.64. The van der Waals surface area contributed by atoms with Gasteiger partial charge in [0.25, 0.3) is 6.47 Å². The second-order valence-corrected chi connectivity index (χ2v) is 3.93. The van der Waals surface area contributed by atoms with E-state index < -0.39 is 0 Å². The number of aromatic nitrogens is 2. The first-order valence-electron chi connectivity index (χ1n) is 4.43. The summed E-state index contributed by atoms with van der Waals surface area (Å²) in [6.45, 7) is 2.25. The largest absolute Gasteiger partial charge is 0.444 e. The maximum Gasteiger partial charge on any atom is 0.295 e. The highest BCUT2D eigenvalue weighted by atomic mass is 79.9. The van der Waals surface area contributed by atoms with Crippen LogP contribution < -0.4 is 0 Å². The van der Waals surface area contributed by atoms with Gasteiger partial charge in [0, 0.05) is 11.6 Å². The molecule has 0 amide bonds. The Bertz CT molecular complexity index is 495. The summed E-state index contributed by atoms with van der Waals surface area (Å²) < 4.78 is 7.51. The molecule has 0 spiro atoms. The maximum absolute atomic E-state index is 10.2. The average molecular weight is 269 g/mol. The Hall–Kier alpha value is -1.36. The van der Waals surface area contributed by atoms with Crippen LogP contribution in [0.15, 0.2) is 29.1 Å². The topological polar surface area (TPSA) is 44.1 Å². The van der Waals surface area contributed by atoms with Gasteiger partial charge in [0.2, 0.25) is 0 Å². The predicted molar refractivity (Wildman–Crippen MR) is 59.3 cm³/mol. The summed E-state index contributed by atoms with van der Waals surface area (Å²) in [5.74, 6) is 0. The van der Waals surface area contributed by atoms with Gasteiger partial charge in [-0.15, -0.1) is 0 Å². The Morgan fingerprint density at radius 2 is 2.47 bits per heavy atom. The summed E-state index contributed by atoms with van der Waals surface area (Å²) in [5.41, 5.74) is 0.938. The highest BCUT2D eigenvalue weighted by Gasteiger charge is 2.08. The van der Waals surface area contributed by atoms with Crippen molar-refractivity contribution in [3.63, 3.8) is 0 Å². The van der Waals surface area contributed by atoms with Crippen molar-refractivity contribution in [3.05, 3.63) is 29.1 Å². The van der Waals surface area contributed by atoms with Crippen molar-refractivity contribution < 1.29 is 9.53 Å². The van der Waals surface area contributed by atoms with Crippen LogP contribution in [0.3, 0.4) is 0 Å². The highest BCUT2D eigenvalue weighted by molar-refractivity contribution is 9.10. The number of nitrogens with zero attached hydrogens (tertiary/aromatic N) is 2. The van der Waals surface area contributed by atoms with Crippen molar-refractivity contribution in [1.29, 1.82) is 0 Å². The van der Waals surface area contributed by atoms with Crippen LogP contribution in [0.4, 0.5) is 0 Å².